The second kappa shape index (κ2) is 3.97. The number of nitrogens with one attached hydrogen (secondary N) is 2. The molecule has 5 nitrogen and oxygen atoms in total. The minimum absolute atomic E-state index is 0.000347. The van der Waals surface area contributed by atoms with E-state index in [9.17, 15) is 9.59 Å². The molecule has 1 aliphatic carbocycles. The Morgan fingerprint density at radius 3 is 2.86 bits per heavy atom. The number of amides is 1. The first kappa shape index (κ1) is 12.2. The minimum atomic E-state index is -0.936. The van der Waals surface area contributed by atoms with Gasteiger partial charge < -0.3 is 15.7 Å². The molecule has 1 atom stereocenters. The largest absolute Gasteiger partial charge is 0.478 e. The Kier molecular flexibility index (Phi) is 2.31. The number of carbonyl (C=O) groups is 2. The van der Waals surface area contributed by atoms with Crippen molar-refractivity contribution in [2.75, 3.05) is 6.54 Å². The van der Waals surface area contributed by atoms with Crippen molar-refractivity contribution in [1.82, 2.24) is 10.6 Å². The first-order chi connectivity index (χ1) is 10.1. The molecule has 2 aliphatic heterocycles. The van der Waals surface area contributed by atoms with Crippen LogP contribution in [0.4, 0.5) is 0 Å². The van der Waals surface area contributed by atoms with E-state index < -0.39 is 11.4 Å². The Morgan fingerprint density at radius 1 is 1.24 bits per heavy atom. The van der Waals surface area contributed by atoms with E-state index in [1.54, 1.807) is 12.1 Å². The lowest BCUT2D eigenvalue weighted by atomic mass is 9.78. The zero-order valence-corrected chi connectivity index (χ0v) is 11.3. The molecule has 4 rings (SSSR count). The van der Waals surface area contributed by atoms with Gasteiger partial charge in [0.2, 0.25) is 5.91 Å². The molecule has 5 heteroatoms. The Hall–Kier alpha value is -2.56. The van der Waals surface area contributed by atoms with Crippen molar-refractivity contribution >= 4 is 11.9 Å². The molecule has 1 amide bonds. The average molecular weight is 282 g/mol. The maximum atomic E-state index is 12.5. The highest BCUT2D eigenvalue weighted by Crippen LogP contribution is 2.47. The van der Waals surface area contributed by atoms with Crippen LogP contribution in [0.25, 0.3) is 0 Å². The van der Waals surface area contributed by atoms with E-state index in [0.717, 1.165) is 22.5 Å². The fourth-order valence-electron chi connectivity index (χ4n) is 3.54. The van der Waals surface area contributed by atoms with Gasteiger partial charge in [-0.15, -0.1) is 0 Å². The molecule has 1 aromatic carbocycles. The van der Waals surface area contributed by atoms with Crippen molar-refractivity contribution in [3.8, 4) is 0 Å². The predicted octanol–water partition coefficient (Wildman–Crippen LogP) is 0.971. The third-order valence-corrected chi connectivity index (χ3v) is 4.58. The smallest absolute Gasteiger partial charge is 0.335 e. The molecule has 1 aromatic rings. The summed E-state index contributed by atoms with van der Waals surface area (Å²) in [5, 5.41) is 15.2. The second-order valence-electron chi connectivity index (χ2n) is 5.75. The van der Waals surface area contributed by atoms with E-state index in [0.29, 0.717) is 19.4 Å². The Bertz CT molecular complexity index is 748. The van der Waals surface area contributed by atoms with Crippen LogP contribution in [0.2, 0.25) is 0 Å². The van der Waals surface area contributed by atoms with Crippen LogP contribution in [0.3, 0.4) is 0 Å². The molecule has 0 aromatic heterocycles. The molecule has 21 heavy (non-hydrogen) atoms. The molecule has 3 aliphatic rings. The maximum absolute atomic E-state index is 12.5. The molecule has 106 valence electrons. The van der Waals surface area contributed by atoms with Gasteiger partial charge in [-0.1, -0.05) is 18.2 Å². The van der Waals surface area contributed by atoms with Crippen LogP contribution in [0.1, 0.15) is 21.5 Å². The van der Waals surface area contributed by atoms with E-state index in [1.165, 1.54) is 0 Å². The molecular weight excluding hydrogens is 268 g/mol. The number of carboxylic acids is 1. The molecule has 3 N–H and O–H groups in total. The van der Waals surface area contributed by atoms with Crippen molar-refractivity contribution in [3.05, 3.63) is 58.4 Å². The Labute approximate surface area is 121 Å². The van der Waals surface area contributed by atoms with Crippen LogP contribution in [0.5, 0.6) is 0 Å². The van der Waals surface area contributed by atoms with Crippen molar-refractivity contribution in [3.63, 3.8) is 0 Å². The Balaban J connectivity index is 1.79. The summed E-state index contributed by atoms with van der Waals surface area (Å²) in [7, 11) is 0. The number of dihydropyridines is 1. The summed E-state index contributed by atoms with van der Waals surface area (Å²) in [4.78, 5) is 23.6. The molecule has 0 fully saturated rings. The molecule has 0 radical (unpaired) electrons. The van der Waals surface area contributed by atoms with Crippen LogP contribution in [0, 0.1) is 5.41 Å². The van der Waals surface area contributed by atoms with E-state index >= 15 is 0 Å². The van der Waals surface area contributed by atoms with E-state index in [-0.39, 0.29) is 11.5 Å². The number of allylic oxidation sites excluding steroid dienone is 1. The van der Waals surface area contributed by atoms with E-state index in [1.807, 2.05) is 18.2 Å². The number of carbonyl (C=O) groups excluding carboxylic acids is 1. The van der Waals surface area contributed by atoms with Crippen molar-refractivity contribution in [2.45, 2.75) is 12.8 Å². The van der Waals surface area contributed by atoms with Gasteiger partial charge >= 0.3 is 5.97 Å². The lowest BCUT2D eigenvalue weighted by Crippen LogP contribution is -2.35. The van der Waals surface area contributed by atoms with E-state index in [2.05, 4.69) is 10.6 Å². The minimum Gasteiger partial charge on any atom is -0.478 e. The second-order valence-corrected chi connectivity index (χ2v) is 5.75. The van der Waals surface area contributed by atoms with Gasteiger partial charge in [0.05, 0.1) is 11.0 Å². The van der Waals surface area contributed by atoms with Crippen LogP contribution >= 0.6 is 0 Å². The molecule has 0 bridgehead atoms. The molecule has 2 heterocycles. The summed E-state index contributed by atoms with van der Waals surface area (Å²) in [5.74, 6) is -0.137. The highest BCUT2D eigenvalue weighted by atomic mass is 16.4. The van der Waals surface area contributed by atoms with Gasteiger partial charge in [0.1, 0.15) is 5.82 Å². The number of fused-ring (bicyclic) bond motifs is 2. The highest BCUT2D eigenvalue weighted by Gasteiger charge is 2.51. The number of aromatic carboxylic acids is 1. The third-order valence-electron chi connectivity index (χ3n) is 4.58. The Morgan fingerprint density at radius 2 is 2.05 bits per heavy atom. The van der Waals surface area contributed by atoms with Crippen LogP contribution in [0.15, 0.2) is 41.7 Å². The number of hydrogen-bond donors (Lipinski definition) is 3. The fraction of sp³-hybridized carbons (Fsp3) is 0.250. The standard InChI is InChI=1S/C16H14N2O3/c19-14(20)9-3-4-10-7-16(8-11(10)6-9)12-2-1-5-17-13(12)18-15(16)21/h1-4,6,17H,5,7-8H2,(H,18,21)(H,19,20). The quantitative estimate of drug-likeness (QED) is 0.717. The normalized spacial score (nSPS) is 25.6. The summed E-state index contributed by atoms with van der Waals surface area (Å²) in [6.45, 7) is 0.714. The fourth-order valence-corrected chi connectivity index (χ4v) is 3.54. The van der Waals surface area contributed by atoms with Crippen LogP contribution in [-0.4, -0.2) is 23.5 Å². The van der Waals surface area contributed by atoms with E-state index in [4.69, 9.17) is 5.11 Å². The van der Waals surface area contributed by atoms with Gasteiger partial charge in [-0.3, -0.25) is 4.79 Å². The van der Waals surface area contributed by atoms with Crippen molar-refractivity contribution < 1.29 is 14.7 Å². The maximum Gasteiger partial charge on any atom is 0.335 e. The van der Waals surface area contributed by atoms with Crippen molar-refractivity contribution in [2.24, 2.45) is 5.41 Å². The molecule has 0 saturated heterocycles. The van der Waals surface area contributed by atoms with Crippen molar-refractivity contribution in [1.29, 1.82) is 0 Å². The first-order valence-corrected chi connectivity index (χ1v) is 6.92. The topological polar surface area (TPSA) is 78.4 Å². The monoisotopic (exact) mass is 282 g/mol. The summed E-state index contributed by atoms with van der Waals surface area (Å²) < 4.78 is 0. The highest BCUT2D eigenvalue weighted by molar-refractivity contribution is 5.94. The lowest BCUT2D eigenvalue weighted by molar-refractivity contribution is -0.126. The number of hydrogen-bond acceptors (Lipinski definition) is 3. The number of rotatable bonds is 1. The van der Waals surface area contributed by atoms with Crippen LogP contribution < -0.4 is 10.6 Å². The van der Waals surface area contributed by atoms with Gasteiger partial charge in [0.25, 0.3) is 0 Å². The van der Waals surface area contributed by atoms with Gasteiger partial charge in [-0.2, -0.15) is 0 Å². The van der Waals surface area contributed by atoms with Gasteiger partial charge in [0, 0.05) is 12.1 Å². The third kappa shape index (κ3) is 1.57. The van der Waals surface area contributed by atoms with Crippen LogP contribution in [-0.2, 0) is 17.6 Å². The zero-order valence-electron chi connectivity index (χ0n) is 11.3. The number of benzene rings is 1. The summed E-state index contributed by atoms with van der Waals surface area (Å²) in [6, 6.07) is 5.13. The zero-order chi connectivity index (χ0) is 14.6. The average Bonchev–Trinajstić information content (AvgIpc) is 2.98. The lowest BCUT2D eigenvalue weighted by Gasteiger charge is -2.23. The molecule has 1 unspecified atom stereocenters. The molecule has 1 spiro atoms. The summed E-state index contributed by atoms with van der Waals surface area (Å²) >= 11 is 0. The predicted molar refractivity (Wildman–Crippen MR) is 75.6 cm³/mol. The number of carboxylic acid groups (broad SMARTS) is 1. The molecular formula is C16H14N2O3. The first-order valence-electron chi connectivity index (χ1n) is 6.92. The van der Waals surface area contributed by atoms with Gasteiger partial charge in [0.15, 0.2) is 0 Å². The SMILES string of the molecule is O=C(O)c1ccc2c(c1)CC1(C2)C(=O)NC2=C1C=CCN2. The summed E-state index contributed by atoms with van der Waals surface area (Å²) in [5.41, 5.74) is 2.70. The van der Waals surface area contributed by atoms with Gasteiger partial charge in [-0.05, 0) is 36.1 Å². The summed E-state index contributed by atoms with van der Waals surface area (Å²) in [6.07, 6.45) is 5.19. The van der Waals surface area contributed by atoms with Gasteiger partial charge in [-0.25, -0.2) is 4.79 Å². The molecule has 0 saturated carbocycles.